The molecule has 1 amide bonds. The second-order valence-corrected chi connectivity index (χ2v) is 14.7. The van der Waals surface area contributed by atoms with Crippen molar-refractivity contribution < 1.29 is 28.6 Å². The lowest BCUT2D eigenvalue weighted by Gasteiger charge is -2.37. The van der Waals surface area contributed by atoms with Crippen molar-refractivity contribution in [3.8, 4) is 17.1 Å². The van der Waals surface area contributed by atoms with E-state index in [0.717, 1.165) is 16.7 Å². The van der Waals surface area contributed by atoms with Crippen molar-refractivity contribution in [2.45, 2.75) is 48.8 Å². The normalized spacial score (nSPS) is 16.2. The Morgan fingerprint density at radius 1 is 0.820 bits per heavy atom. The first kappa shape index (κ1) is 34.7. The third-order valence-corrected chi connectivity index (χ3v) is 10.3. The molecule has 1 aliphatic rings. The van der Waals surface area contributed by atoms with Gasteiger partial charge in [-0.1, -0.05) is 91.0 Å². The summed E-state index contributed by atoms with van der Waals surface area (Å²) >= 11 is 1.81. The van der Waals surface area contributed by atoms with Crippen LogP contribution in [0.3, 0.4) is 0 Å². The number of carbonyl (C=O) groups is 2. The smallest absolute Gasteiger partial charge is 0.410 e. The Kier molecular flexibility index (Phi) is 10.2. The maximum atomic E-state index is 13.7. The molecule has 1 saturated heterocycles. The summed E-state index contributed by atoms with van der Waals surface area (Å²) in [7, 11) is 0. The number of likely N-dealkylation sites (tertiary alicyclic amines) is 1. The van der Waals surface area contributed by atoms with Gasteiger partial charge < -0.3 is 19.5 Å². The monoisotopic (exact) mass is 690 g/mol. The van der Waals surface area contributed by atoms with Crippen LogP contribution in [0.1, 0.15) is 54.2 Å². The number of nitrogens with zero attached hydrogens (tertiary/aromatic N) is 2. The van der Waals surface area contributed by atoms with Gasteiger partial charge >= 0.3 is 12.1 Å². The number of hydrogen-bond acceptors (Lipinski definition) is 6. The lowest BCUT2D eigenvalue weighted by Crippen LogP contribution is -2.42. The number of pyridine rings is 1. The fourth-order valence-electron chi connectivity index (χ4n) is 6.34. The largest absolute Gasteiger partial charge is 0.478 e. The van der Waals surface area contributed by atoms with Crippen molar-refractivity contribution in [2.75, 3.05) is 13.2 Å². The molecule has 0 saturated carbocycles. The first-order valence-corrected chi connectivity index (χ1v) is 17.4. The van der Waals surface area contributed by atoms with Crippen LogP contribution < -0.4 is 4.74 Å². The number of carbonyl (C=O) groups excluding carboxylic acids is 1. The average molecular weight is 691 g/mol. The Bertz CT molecular complexity index is 1820. The molecule has 2 atom stereocenters. The minimum Gasteiger partial charge on any atom is -0.478 e. The Morgan fingerprint density at radius 2 is 1.36 bits per heavy atom. The molecule has 0 radical (unpaired) electrons. The highest BCUT2D eigenvalue weighted by Gasteiger charge is 2.45. The van der Waals surface area contributed by atoms with E-state index in [2.05, 4.69) is 77.8 Å². The summed E-state index contributed by atoms with van der Waals surface area (Å²) in [5, 5.41) is 9.80. The zero-order valence-electron chi connectivity index (χ0n) is 28.2. The van der Waals surface area contributed by atoms with E-state index in [1.165, 1.54) is 36.4 Å². The molecule has 9 heteroatoms. The maximum Gasteiger partial charge on any atom is 0.410 e. The number of carboxylic acid groups (broad SMARTS) is 1. The molecule has 2 heterocycles. The number of benzene rings is 4. The second-order valence-electron chi connectivity index (χ2n) is 13.2. The van der Waals surface area contributed by atoms with Crippen LogP contribution in [0.2, 0.25) is 0 Å². The van der Waals surface area contributed by atoms with Crippen LogP contribution in [0, 0.1) is 5.82 Å². The molecule has 1 aliphatic heterocycles. The molecule has 7 nitrogen and oxygen atoms in total. The fraction of sp³-hybridized carbons (Fsp3) is 0.244. The summed E-state index contributed by atoms with van der Waals surface area (Å²) in [6.07, 6.45) is 0.177. The molecule has 0 spiro atoms. The second kappa shape index (κ2) is 14.8. The van der Waals surface area contributed by atoms with E-state index in [4.69, 9.17) is 9.47 Å². The summed E-state index contributed by atoms with van der Waals surface area (Å²) < 4.78 is 25.2. The molecule has 1 aromatic heterocycles. The number of aromatic carboxylic acids is 1. The molecule has 0 aliphatic carbocycles. The minimum atomic E-state index is -1.16. The molecule has 1 N–H and O–H groups in total. The zero-order valence-corrected chi connectivity index (χ0v) is 29.0. The van der Waals surface area contributed by atoms with Crippen molar-refractivity contribution in [3.63, 3.8) is 0 Å². The van der Waals surface area contributed by atoms with Gasteiger partial charge in [0.15, 0.2) is 0 Å². The average Bonchev–Trinajstić information content (AvgIpc) is 3.53. The van der Waals surface area contributed by atoms with Crippen LogP contribution in [0.15, 0.2) is 127 Å². The predicted molar refractivity (Wildman–Crippen MR) is 194 cm³/mol. The van der Waals surface area contributed by atoms with Crippen LogP contribution in [0.5, 0.6) is 5.88 Å². The molecule has 0 bridgehead atoms. The zero-order chi connectivity index (χ0) is 35.3. The van der Waals surface area contributed by atoms with Gasteiger partial charge in [-0.25, -0.2) is 19.0 Å². The van der Waals surface area contributed by atoms with E-state index in [1.54, 1.807) is 4.90 Å². The van der Waals surface area contributed by atoms with Crippen molar-refractivity contribution >= 4 is 23.8 Å². The molecule has 6 rings (SSSR count). The van der Waals surface area contributed by atoms with Gasteiger partial charge in [-0.3, -0.25) is 0 Å². The predicted octanol–water partition coefficient (Wildman–Crippen LogP) is 9.07. The molecule has 4 aromatic carbocycles. The van der Waals surface area contributed by atoms with Crippen LogP contribution in [0.4, 0.5) is 9.18 Å². The summed E-state index contributed by atoms with van der Waals surface area (Å²) in [4.78, 5) is 32.0. The SMILES string of the molecule is CC(C)(C)OC(=O)N1C[C@@H](SC(c2ccccc2)(c2ccccc2)c2ccccc2)C[C@H]1COc1ccc(C(=O)O)c(-c2ccc(F)cc2)n1. The third kappa shape index (κ3) is 7.68. The lowest BCUT2D eigenvalue weighted by atomic mass is 9.84. The Hall–Kier alpha value is -5.15. The van der Waals surface area contributed by atoms with Crippen molar-refractivity contribution in [2.24, 2.45) is 0 Å². The van der Waals surface area contributed by atoms with Gasteiger partial charge in [0.05, 0.1) is 22.0 Å². The standard InChI is InChI=1S/C41H39FN2O5S/c1-40(2,3)49-39(47)44-26-34(25-33(44)27-48-36-24-23-35(38(45)46)37(43-36)28-19-21-32(42)22-20-28)50-41(29-13-7-4-8-14-29,30-15-9-5-10-16-30)31-17-11-6-12-18-31/h4-24,33-34H,25-27H2,1-3H3,(H,45,46)/t33-,34-/m0/s1. The fourth-order valence-corrected chi connectivity index (χ4v) is 8.21. The number of ether oxygens (including phenoxy) is 2. The topological polar surface area (TPSA) is 89.0 Å². The van der Waals surface area contributed by atoms with Crippen LogP contribution >= 0.6 is 11.8 Å². The highest BCUT2D eigenvalue weighted by Crippen LogP contribution is 2.52. The summed E-state index contributed by atoms with van der Waals surface area (Å²) in [6.45, 7) is 6.06. The van der Waals surface area contributed by atoms with E-state index in [-0.39, 0.29) is 35.0 Å². The van der Waals surface area contributed by atoms with Crippen LogP contribution in [-0.4, -0.2) is 57.1 Å². The molecule has 50 heavy (non-hydrogen) atoms. The molecular weight excluding hydrogens is 652 g/mol. The Balaban J connectivity index is 1.34. The van der Waals surface area contributed by atoms with Gasteiger partial charge in [0, 0.05) is 23.4 Å². The molecule has 0 unspecified atom stereocenters. The minimum absolute atomic E-state index is 0.0196. The number of halogens is 1. The van der Waals surface area contributed by atoms with Gasteiger partial charge in [-0.15, -0.1) is 11.8 Å². The van der Waals surface area contributed by atoms with Crippen molar-refractivity contribution in [1.29, 1.82) is 0 Å². The van der Waals surface area contributed by atoms with Gasteiger partial charge in [0.1, 0.15) is 18.0 Å². The van der Waals surface area contributed by atoms with Gasteiger partial charge in [0.2, 0.25) is 5.88 Å². The molecular formula is C41H39FN2O5S. The van der Waals surface area contributed by atoms with E-state index in [1.807, 2.05) is 50.7 Å². The summed E-state index contributed by atoms with van der Waals surface area (Å²) in [6, 6.07) is 39.3. The Morgan fingerprint density at radius 3 is 1.86 bits per heavy atom. The van der Waals surface area contributed by atoms with Gasteiger partial charge in [-0.2, -0.15) is 0 Å². The molecule has 1 fully saturated rings. The molecule has 256 valence electrons. The van der Waals surface area contributed by atoms with Crippen molar-refractivity contribution in [1.82, 2.24) is 9.88 Å². The third-order valence-electron chi connectivity index (χ3n) is 8.53. The number of hydrogen-bond donors (Lipinski definition) is 1. The summed E-state index contributed by atoms with van der Waals surface area (Å²) in [5.41, 5.74) is 3.26. The first-order chi connectivity index (χ1) is 24.0. The number of rotatable bonds is 10. The highest BCUT2D eigenvalue weighted by atomic mass is 32.2. The van der Waals surface area contributed by atoms with Crippen molar-refractivity contribution in [3.05, 3.63) is 155 Å². The number of aromatic nitrogens is 1. The first-order valence-electron chi connectivity index (χ1n) is 16.5. The Labute approximate surface area is 296 Å². The summed E-state index contributed by atoms with van der Waals surface area (Å²) in [5.74, 6) is -1.40. The van der Waals surface area contributed by atoms with Gasteiger partial charge in [0.25, 0.3) is 0 Å². The van der Waals surface area contributed by atoms with E-state index in [0.29, 0.717) is 18.5 Å². The number of carboxylic acids is 1. The maximum absolute atomic E-state index is 13.7. The highest BCUT2D eigenvalue weighted by molar-refractivity contribution is 8.01. The molecule has 5 aromatic rings. The quantitative estimate of drug-likeness (QED) is 0.146. The number of thioether (sulfide) groups is 1. The van der Waals surface area contributed by atoms with Crippen LogP contribution in [0.25, 0.3) is 11.3 Å². The number of amides is 1. The van der Waals surface area contributed by atoms with Crippen LogP contribution in [-0.2, 0) is 9.48 Å². The van der Waals surface area contributed by atoms with E-state index >= 15 is 0 Å². The van der Waals surface area contributed by atoms with E-state index in [9.17, 15) is 19.1 Å². The van der Waals surface area contributed by atoms with Gasteiger partial charge in [-0.05, 0) is 74.2 Å². The lowest BCUT2D eigenvalue weighted by molar-refractivity contribution is 0.0186. The van der Waals surface area contributed by atoms with E-state index < -0.39 is 28.2 Å².